The molecular formula is C16H18IN5O2S. The zero-order valence-corrected chi connectivity index (χ0v) is 16.4. The van der Waals surface area contributed by atoms with Crippen molar-refractivity contribution in [3.63, 3.8) is 0 Å². The Kier molecular flexibility index (Phi) is 5.94. The first-order chi connectivity index (χ1) is 12.0. The lowest BCUT2D eigenvalue weighted by Crippen LogP contribution is -2.17. The van der Waals surface area contributed by atoms with Gasteiger partial charge < -0.3 is 15.6 Å². The number of nitrogens with two attached hydrogens (primary N) is 1. The third-order valence-electron chi connectivity index (χ3n) is 3.73. The molecule has 7 nitrogen and oxygen atoms in total. The van der Waals surface area contributed by atoms with E-state index in [2.05, 4.69) is 38.1 Å². The van der Waals surface area contributed by atoms with Gasteiger partial charge in [0.1, 0.15) is 5.82 Å². The molecule has 25 heavy (non-hydrogen) atoms. The second-order valence-electron chi connectivity index (χ2n) is 5.83. The monoisotopic (exact) mass is 471 g/mol. The van der Waals surface area contributed by atoms with Crippen molar-refractivity contribution in [1.29, 1.82) is 0 Å². The number of nitrogens with one attached hydrogen (secondary N) is 1. The number of benzene rings is 1. The summed E-state index contributed by atoms with van der Waals surface area (Å²) >= 11 is 3.53. The maximum absolute atomic E-state index is 12.1. The van der Waals surface area contributed by atoms with Crippen LogP contribution in [0.4, 0.5) is 5.69 Å². The van der Waals surface area contributed by atoms with Crippen molar-refractivity contribution in [2.24, 2.45) is 5.73 Å². The molecule has 3 rings (SSSR count). The van der Waals surface area contributed by atoms with Gasteiger partial charge in [-0.1, -0.05) is 11.8 Å². The van der Waals surface area contributed by atoms with Crippen molar-refractivity contribution < 1.29 is 9.59 Å². The molecule has 0 saturated heterocycles. The van der Waals surface area contributed by atoms with E-state index in [0.717, 1.165) is 27.9 Å². The van der Waals surface area contributed by atoms with E-state index < -0.39 is 0 Å². The van der Waals surface area contributed by atoms with Crippen molar-refractivity contribution in [2.75, 3.05) is 11.1 Å². The number of carbonyl (C=O) groups excluding carboxylic acids is 2. The molecule has 1 saturated carbocycles. The van der Waals surface area contributed by atoms with Gasteiger partial charge in [0.15, 0.2) is 5.16 Å². The van der Waals surface area contributed by atoms with Crippen LogP contribution in [0.3, 0.4) is 0 Å². The Balaban J connectivity index is 1.60. The quantitative estimate of drug-likeness (QED) is 0.455. The minimum absolute atomic E-state index is 0.108. The molecule has 0 aliphatic heterocycles. The van der Waals surface area contributed by atoms with E-state index >= 15 is 0 Å². The molecule has 0 unspecified atom stereocenters. The number of halogens is 1. The Bertz CT molecular complexity index is 773. The highest BCUT2D eigenvalue weighted by molar-refractivity contribution is 14.1. The number of aromatic nitrogens is 3. The Hall–Kier alpha value is -1.62. The van der Waals surface area contributed by atoms with Crippen LogP contribution in [0.25, 0.3) is 0 Å². The molecule has 1 aliphatic rings. The first-order valence-electron chi connectivity index (χ1n) is 7.92. The van der Waals surface area contributed by atoms with Crippen LogP contribution >= 0.6 is 34.4 Å². The average molecular weight is 471 g/mol. The van der Waals surface area contributed by atoms with Gasteiger partial charge in [-0.2, -0.15) is 0 Å². The van der Waals surface area contributed by atoms with E-state index in [-0.39, 0.29) is 24.0 Å². The topological polar surface area (TPSA) is 103 Å². The Morgan fingerprint density at radius 2 is 2.00 bits per heavy atom. The fourth-order valence-electron chi connectivity index (χ4n) is 2.34. The van der Waals surface area contributed by atoms with Crippen LogP contribution in [-0.2, 0) is 16.1 Å². The van der Waals surface area contributed by atoms with Crippen LogP contribution < -0.4 is 11.1 Å². The number of hydrogen-bond acceptors (Lipinski definition) is 5. The van der Waals surface area contributed by atoms with Crippen LogP contribution in [0.15, 0.2) is 29.4 Å². The fraction of sp³-hybridized carbons (Fsp3) is 0.375. The summed E-state index contributed by atoms with van der Waals surface area (Å²) in [5.41, 5.74) is 6.02. The number of thioether (sulfide) groups is 1. The summed E-state index contributed by atoms with van der Waals surface area (Å²) in [6.45, 7) is 0.454. The van der Waals surface area contributed by atoms with E-state index in [0.29, 0.717) is 17.6 Å². The maximum atomic E-state index is 12.1. The van der Waals surface area contributed by atoms with Gasteiger partial charge in [0.05, 0.1) is 5.75 Å². The number of hydrogen-bond donors (Lipinski definition) is 2. The van der Waals surface area contributed by atoms with Gasteiger partial charge in [-0.3, -0.25) is 9.59 Å². The summed E-state index contributed by atoms with van der Waals surface area (Å²) in [5.74, 6) is 1.06. The van der Waals surface area contributed by atoms with E-state index in [1.54, 1.807) is 0 Å². The number of anilines is 1. The van der Waals surface area contributed by atoms with Gasteiger partial charge in [-0.15, -0.1) is 10.2 Å². The lowest BCUT2D eigenvalue weighted by Gasteiger charge is -2.09. The third kappa shape index (κ3) is 5.18. The number of amides is 2. The van der Waals surface area contributed by atoms with Crippen LogP contribution in [0, 0.1) is 3.57 Å². The van der Waals surface area contributed by atoms with E-state index in [1.165, 1.54) is 11.8 Å². The third-order valence-corrected chi connectivity index (χ3v) is 5.42. The molecule has 0 bridgehead atoms. The second-order valence-corrected chi connectivity index (χ2v) is 8.01. The van der Waals surface area contributed by atoms with Gasteiger partial charge in [0.25, 0.3) is 0 Å². The maximum Gasteiger partial charge on any atom is 0.234 e. The number of primary amides is 1. The molecule has 1 aromatic heterocycles. The summed E-state index contributed by atoms with van der Waals surface area (Å²) in [4.78, 5) is 23.2. The minimum Gasteiger partial charge on any atom is -0.370 e. The highest BCUT2D eigenvalue weighted by Gasteiger charge is 2.30. The van der Waals surface area contributed by atoms with E-state index in [4.69, 9.17) is 5.73 Å². The van der Waals surface area contributed by atoms with Crippen molar-refractivity contribution in [3.8, 4) is 0 Å². The van der Waals surface area contributed by atoms with E-state index in [1.807, 2.05) is 28.8 Å². The van der Waals surface area contributed by atoms with Gasteiger partial charge >= 0.3 is 0 Å². The largest absolute Gasteiger partial charge is 0.370 e. The summed E-state index contributed by atoms with van der Waals surface area (Å²) in [7, 11) is 0. The molecule has 2 amide bonds. The van der Waals surface area contributed by atoms with Gasteiger partial charge in [-0.25, -0.2) is 0 Å². The predicted octanol–water partition coefficient (Wildman–Crippen LogP) is 2.37. The molecule has 0 atom stereocenters. The molecule has 3 N–H and O–H groups in total. The van der Waals surface area contributed by atoms with Gasteiger partial charge in [-0.05, 0) is 59.7 Å². The van der Waals surface area contributed by atoms with Crippen LogP contribution in [-0.4, -0.2) is 32.3 Å². The van der Waals surface area contributed by atoms with Gasteiger partial charge in [0.2, 0.25) is 11.8 Å². The van der Waals surface area contributed by atoms with Crippen molar-refractivity contribution in [2.45, 2.75) is 36.9 Å². The Morgan fingerprint density at radius 3 is 2.64 bits per heavy atom. The Morgan fingerprint density at radius 1 is 1.28 bits per heavy atom. The van der Waals surface area contributed by atoms with Crippen LogP contribution in [0.2, 0.25) is 0 Å². The van der Waals surface area contributed by atoms with Crippen molar-refractivity contribution in [3.05, 3.63) is 33.7 Å². The highest BCUT2D eigenvalue weighted by atomic mass is 127. The lowest BCUT2D eigenvalue weighted by molar-refractivity contribution is -0.118. The lowest BCUT2D eigenvalue weighted by atomic mass is 10.3. The Labute approximate surface area is 163 Å². The molecule has 1 aromatic carbocycles. The first kappa shape index (κ1) is 18.2. The summed E-state index contributed by atoms with van der Waals surface area (Å²) in [5, 5.41) is 11.9. The number of carbonyl (C=O) groups is 2. The normalized spacial score (nSPS) is 13.6. The smallest absolute Gasteiger partial charge is 0.234 e. The molecule has 132 valence electrons. The summed E-state index contributed by atoms with van der Waals surface area (Å²) < 4.78 is 3.03. The van der Waals surface area contributed by atoms with Crippen LogP contribution in [0.1, 0.15) is 31.0 Å². The summed E-state index contributed by atoms with van der Waals surface area (Å²) in [6, 6.07) is 7.60. The zero-order chi connectivity index (χ0) is 17.8. The van der Waals surface area contributed by atoms with Gasteiger partial charge in [0, 0.05) is 28.1 Å². The number of rotatable bonds is 8. The van der Waals surface area contributed by atoms with Crippen LogP contribution in [0.5, 0.6) is 0 Å². The molecule has 0 radical (unpaired) electrons. The minimum atomic E-state index is -0.358. The fourth-order valence-corrected chi connectivity index (χ4v) is 3.47. The highest BCUT2D eigenvalue weighted by Crippen LogP contribution is 2.40. The molecule has 1 fully saturated rings. The first-order valence-corrected chi connectivity index (χ1v) is 9.99. The van der Waals surface area contributed by atoms with Crippen molar-refractivity contribution in [1.82, 2.24) is 14.8 Å². The number of nitrogens with zero attached hydrogens (tertiary/aromatic N) is 3. The summed E-state index contributed by atoms with van der Waals surface area (Å²) in [6.07, 6.45) is 2.42. The standard InChI is InChI=1S/C16H18IN5O2S/c17-11-3-5-12(6-4-11)19-14(24)9-25-16-21-20-15(10-1-2-10)22(16)8-7-13(18)23/h3-6,10H,1-2,7-9H2,(H2,18,23)(H,19,24). The molecular weight excluding hydrogens is 453 g/mol. The predicted molar refractivity (Wildman–Crippen MR) is 104 cm³/mol. The van der Waals surface area contributed by atoms with E-state index in [9.17, 15) is 9.59 Å². The molecule has 1 aliphatic carbocycles. The molecule has 2 aromatic rings. The SMILES string of the molecule is NC(=O)CCn1c(SCC(=O)Nc2ccc(I)cc2)nnc1C1CC1. The molecule has 9 heteroatoms. The molecule has 1 heterocycles. The molecule has 0 spiro atoms. The van der Waals surface area contributed by atoms with Crippen molar-refractivity contribution >= 4 is 51.9 Å². The second kappa shape index (κ2) is 8.17. The zero-order valence-electron chi connectivity index (χ0n) is 13.4. The average Bonchev–Trinajstić information content (AvgIpc) is 3.34.